The Kier molecular flexibility index (Phi) is 5.76. The van der Waals surface area contributed by atoms with Crippen LogP contribution in [0.5, 0.6) is 0 Å². The number of rotatable bonds is 6. The molecule has 0 aliphatic carbocycles. The molecule has 1 saturated heterocycles. The third kappa shape index (κ3) is 4.57. The van der Waals surface area contributed by atoms with E-state index < -0.39 is 0 Å². The van der Waals surface area contributed by atoms with E-state index in [1.165, 1.54) is 11.1 Å². The number of hydrogen-bond donors (Lipinski definition) is 1. The summed E-state index contributed by atoms with van der Waals surface area (Å²) in [4.78, 5) is 14.8. The van der Waals surface area contributed by atoms with Gasteiger partial charge in [-0.2, -0.15) is 0 Å². The molecule has 0 bridgehead atoms. The second kappa shape index (κ2) is 8.62. The zero-order valence-electron chi connectivity index (χ0n) is 17.0. The van der Waals surface area contributed by atoms with Crippen molar-refractivity contribution in [3.05, 3.63) is 77.7 Å². The minimum Gasteiger partial charge on any atom is -0.361 e. The van der Waals surface area contributed by atoms with Crippen molar-refractivity contribution in [1.82, 2.24) is 15.4 Å². The number of aryl methyl sites for hydroxylation is 1. The van der Waals surface area contributed by atoms with Gasteiger partial charge in [0.15, 0.2) is 0 Å². The SMILES string of the molecule is Cc1cc([C@H]2CCCN2CC(=O)N[C@H](C)c2ccc(-c3ccccc3)cc2)no1. The minimum atomic E-state index is -0.0392. The third-order valence-electron chi connectivity index (χ3n) is 5.59. The van der Waals surface area contributed by atoms with Crippen LogP contribution >= 0.6 is 0 Å². The zero-order valence-corrected chi connectivity index (χ0v) is 17.0. The molecular weight excluding hydrogens is 362 g/mol. The van der Waals surface area contributed by atoms with E-state index in [-0.39, 0.29) is 18.0 Å². The molecule has 5 heteroatoms. The van der Waals surface area contributed by atoms with Gasteiger partial charge in [0.25, 0.3) is 0 Å². The van der Waals surface area contributed by atoms with Crippen LogP contribution in [-0.4, -0.2) is 29.1 Å². The number of benzene rings is 2. The fourth-order valence-corrected chi connectivity index (χ4v) is 4.04. The molecule has 1 amide bonds. The summed E-state index contributed by atoms with van der Waals surface area (Å²) in [6.45, 7) is 5.21. The predicted octanol–water partition coefficient (Wildman–Crippen LogP) is 4.66. The Labute approximate surface area is 171 Å². The maximum atomic E-state index is 12.7. The average Bonchev–Trinajstić information content (AvgIpc) is 3.37. The second-order valence-electron chi connectivity index (χ2n) is 7.77. The smallest absolute Gasteiger partial charge is 0.234 e. The molecule has 4 rings (SSSR count). The maximum absolute atomic E-state index is 12.7. The van der Waals surface area contributed by atoms with E-state index in [0.29, 0.717) is 6.54 Å². The highest BCUT2D eigenvalue weighted by Gasteiger charge is 2.30. The van der Waals surface area contributed by atoms with Crippen molar-refractivity contribution in [1.29, 1.82) is 0 Å². The van der Waals surface area contributed by atoms with Gasteiger partial charge < -0.3 is 9.84 Å². The first-order chi connectivity index (χ1) is 14.1. The summed E-state index contributed by atoms with van der Waals surface area (Å²) in [7, 11) is 0. The Morgan fingerprint density at radius 2 is 1.90 bits per heavy atom. The fraction of sp³-hybridized carbons (Fsp3) is 0.333. The summed E-state index contributed by atoms with van der Waals surface area (Å²) < 4.78 is 5.22. The number of amides is 1. The molecule has 0 radical (unpaired) electrons. The number of carbonyl (C=O) groups is 1. The van der Waals surface area contributed by atoms with Crippen LogP contribution in [-0.2, 0) is 4.79 Å². The van der Waals surface area contributed by atoms with Crippen LogP contribution in [0.2, 0.25) is 0 Å². The van der Waals surface area contributed by atoms with E-state index in [1.807, 2.05) is 38.1 Å². The van der Waals surface area contributed by atoms with Gasteiger partial charge in [-0.05, 0) is 49.9 Å². The van der Waals surface area contributed by atoms with Crippen molar-refractivity contribution in [3.63, 3.8) is 0 Å². The van der Waals surface area contributed by atoms with Gasteiger partial charge in [-0.1, -0.05) is 59.8 Å². The molecule has 3 aromatic rings. The molecule has 0 spiro atoms. The molecule has 5 nitrogen and oxygen atoms in total. The van der Waals surface area contributed by atoms with Gasteiger partial charge in [-0.15, -0.1) is 0 Å². The maximum Gasteiger partial charge on any atom is 0.234 e. The van der Waals surface area contributed by atoms with Crippen molar-refractivity contribution >= 4 is 5.91 Å². The number of aromatic nitrogens is 1. The van der Waals surface area contributed by atoms with Crippen molar-refractivity contribution in [2.75, 3.05) is 13.1 Å². The van der Waals surface area contributed by atoms with Gasteiger partial charge in [0.1, 0.15) is 11.5 Å². The molecule has 2 heterocycles. The van der Waals surface area contributed by atoms with Gasteiger partial charge in [-0.25, -0.2) is 0 Å². The lowest BCUT2D eigenvalue weighted by atomic mass is 10.0. The van der Waals surface area contributed by atoms with Gasteiger partial charge in [0.05, 0.1) is 18.6 Å². The first-order valence-corrected chi connectivity index (χ1v) is 10.2. The van der Waals surface area contributed by atoms with E-state index in [0.717, 1.165) is 36.4 Å². The molecule has 1 aliphatic heterocycles. The molecule has 0 saturated carbocycles. The van der Waals surface area contributed by atoms with Crippen LogP contribution in [0.1, 0.15) is 48.9 Å². The molecule has 0 unspecified atom stereocenters. The highest BCUT2D eigenvalue weighted by molar-refractivity contribution is 5.78. The van der Waals surface area contributed by atoms with E-state index >= 15 is 0 Å². The summed E-state index contributed by atoms with van der Waals surface area (Å²) in [6.07, 6.45) is 2.08. The Hall–Kier alpha value is -2.92. The second-order valence-corrected chi connectivity index (χ2v) is 7.77. The highest BCUT2D eigenvalue weighted by Crippen LogP contribution is 2.31. The highest BCUT2D eigenvalue weighted by atomic mass is 16.5. The quantitative estimate of drug-likeness (QED) is 0.666. The summed E-state index contributed by atoms with van der Waals surface area (Å²) in [5, 5.41) is 7.28. The molecule has 150 valence electrons. The van der Waals surface area contributed by atoms with Gasteiger partial charge in [-0.3, -0.25) is 9.69 Å². The molecule has 1 fully saturated rings. The van der Waals surface area contributed by atoms with E-state index in [9.17, 15) is 4.79 Å². The lowest BCUT2D eigenvalue weighted by molar-refractivity contribution is -0.123. The fourth-order valence-electron chi connectivity index (χ4n) is 4.04. The van der Waals surface area contributed by atoms with E-state index in [1.54, 1.807) is 0 Å². The average molecular weight is 389 g/mol. The van der Waals surface area contributed by atoms with Crippen LogP contribution in [0, 0.1) is 6.92 Å². The number of carbonyl (C=O) groups excluding carboxylic acids is 1. The predicted molar refractivity (Wildman–Crippen MR) is 113 cm³/mol. The number of likely N-dealkylation sites (tertiary alicyclic amines) is 1. The number of hydrogen-bond acceptors (Lipinski definition) is 4. The standard InChI is InChI=1S/C24H27N3O2/c1-17-15-22(26-29-17)23-9-6-14-27(23)16-24(28)25-18(2)19-10-12-21(13-11-19)20-7-4-3-5-8-20/h3-5,7-8,10-13,15,18,23H,6,9,14,16H2,1-2H3,(H,25,28)/t18-,23-/m1/s1. The van der Waals surface area contributed by atoms with Crippen LogP contribution < -0.4 is 5.32 Å². The van der Waals surface area contributed by atoms with Crippen molar-refractivity contribution in [2.24, 2.45) is 0 Å². The molecule has 2 aromatic carbocycles. The lowest BCUT2D eigenvalue weighted by Gasteiger charge is -2.23. The van der Waals surface area contributed by atoms with Crippen molar-refractivity contribution in [2.45, 2.75) is 38.8 Å². The number of nitrogens with one attached hydrogen (secondary N) is 1. The molecular formula is C24H27N3O2. The Balaban J connectivity index is 1.35. The van der Waals surface area contributed by atoms with Crippen LogP contribution in [0.25, 0.3) is 11.1 Å². The topological polar surface area (TPSA) is 58.4 Å². The summed E-state index contributed by atoms with van der Waals surface area (Å²) in [5.74, 6) is 0.848. The summed E-state index contributed by atoms with van der Waals surface area (Å²) in [6, 6.07) is 20.8. The molecule has 1 aliphatic rings. The van der Waals surface area contributed by atoms with Crippen LogP contribution in [0.4, 0.5) is 0 Å². The summed E-state index contributed by atoms with van der Waals surface area (Å²) >= 11 is 0. The monoisotopic (exact) mass is 389 g/mol. The minimum absolute atomic E-state index is 0.0387. The molecule has 1 aromatic heterocycles. The first kappa shape index (κ1) is 19.4. The first-order valence-electron chi connectivity index (χ1n) is 10.2. The van der Waals surface area contributed by atoms with E-state index in [4.69, 9.17) is 4.52 Å². The van der Waals surface area contributed by atoms with Gasteiger partial charge >= 0.3 is 0 Å². The molecule has 29 heavy (non-hydrogen) atoms. The Morgan fingerprint density at radius 3 is 2.59 bits per heavy atom. The Bertz CT molecular complexity index is 950. The van der Waals surface area contributed by atoms with Gasteiger partial charge in [0.2, 0.25) is 5.91 Å². The molecule has 2 atom stereocenters. The lowest BCUT2D eigenvalue weighted by Crippen LogP contribution is -2.38. The van der Waals surface area contributed by atoms with E-state index in [2.05, 4.69) is 51.8 Å². The number of nitrogens with zero attached hydrogens (tertiary/aromatic N) is 2. The van der Waals surface area contributed by atoms with Crippen LogP contribution in [0.3, 0.4) is 0 Å². The van der Waals surface area contributed by atoms with Crippen LogP contribution in [0.15, 0.2) is 65.2 Å². The summed E-state index contributed by atoms with van der Waals surface area (Å²) in [5.41, 5.74) is 4.40. The zero-order chi connectivity index (χ0) is 20.2. The third-order valence-corrected chi connectivity index (χ3v) is 5.59. The van der Waals surface area contributed by atoms with Crippen molar-refractivity contribution in [3.8, 4) is 11.1 Å². The van der Waals surface area contributed by atoms with Crippen molar-refractivity contribution < 1.29 is 9.32 Å². The largest absolute Gasteiger partial charge is 0.361 e. The normalized spacial score (nSPS) is 17.9. The van der Waals surface area contributed by atoms with Gasteiger partial charge in [0, 0.05) is 6.07 Å². The Morgan fingerprint density at radius 1 is 1.17 bits per heavy atom. The molecule has 1 N–H and O–H groups in total.